The molecule has 2 aromatic heterocycles. The van der Waals surface area contributed by atoms with Crippen molar-refractivity contribution in [3.05, 3.63) is 89.2 Å². The molecule has 8 heteroatoms. The van der Waals surface area contributed by atoms with Gasteiger partial charge in [0, 0.05) is 29.9 Å². The van der Waals surface area contributed by atoms with Crippen molar-refractivity contribution in [3.63, 3.8) is 0 Å². The molecule has 0 bridgehead atoms. The molecule has 0 amide bonds. The molecule has 0 saturated carbocycles. The van der Waals surface area contributed by atoms with E-state index < -0.39 is 17.5 Å². The van der Waals surface area contributed by atoms with E-state index in [0.29, 0.717) is 23.7 Å². The van der Waals surface area contributed by atoms with Crippen molar-refractivity contribution in [2.75, 3.05) is 13.2 Å². The van der Waals surface area contributed by atoms with Crippen LogP contribution < -0.4 is 14.8 Å². The second kappa shape index (κ2) is 10.4. The van der Waals surface area contributed by atoms with E-state index in [0.717, 1.165) is 48.2 Å². The number of benzene rings is 2. The van der Waals surface area contributed by atoms with Crippen LogP contribution in [0.25, 0.3) is 11.0 Å². The number of furan rings is 1. The Kier molecular flexibility index (Phi) is 7.14. The summed E-state index contributed by atoms with van der Waals surface area (Å²) < 4.78 is 57.2. The molecular weight excluding hydrogens is 433 g/mol. The average Bonchev–Trinajstić information content (AvgIpc) is 3.15. The Hall–Kier alpha value is -3.52. The summed E-state index contributed by atoms with van der Waals surface area (Å²) in [6.07, 6.45) is 4.42. The number of aryl methyl sites for hydroxylation is 1. The predicted octanol–water partition coefficient (Wildman–Crippen LogP) is 5.69. The lowest BCUT2D eigenvalue weighted by Crippen LogP contribution is -2.17. The molecule has 2 heterocycles. The molecule has 0 unspecified atom stereocenters. The molecule has 1 N–H and O–H groups in total. The number of hydrogen-bond acceptors (Lipinski definition) is 5. The van der Waals surface area contributed by atoms with Gasteiger partial charge < -0.3 is 19.2 Å². The molecule has 2 aromatic carbocycles. The Balaban J connectivity index is 1.31. The summed E-state index contributed by atoms with van der Waals surface area (Å²) in [5, 5.41) is 4.19. The standard InChI is InChI=1S/C25H23F3N2O3/c1-16-19-12-18(31-11-3-10-30-14-17-4-2-9-29-13-17)5-7-21(19)33-23(16)15-32-22-8-6-20(26)24(27)25(22)28/h2,4-9,12-13,30H,3,10-11,14-15H2,1H3. The van der Waals surface area contributed by atoms with Crippen LogP contribution in [0.5, 0.6) is 11.5 Å². The third-order valence-electron chi connectivity index (χ3n) is 5.18. The maximum Gasteiger partial charge on any atom is 0.203 e. The van der Waals surface area contributed by atoms with Crippen molar-refractivity contribution in [1.82, 2.24) is 10.3 Å². The fourth-order valence-corrected chi connectivity index (χ4v) is 3.36. The van der Waals surface area contributed by atoms with Gasteiger partial charge in [-0.05, 0) is 61.9 Å². The molecule has 0 aliphatic carbocycles. The van der Waals surface area contributed by atoms with Gasteiger partial charge in [-0.1, -0.05) is 6.07 Å². The molecule has 0 fully saturated rings. The highest BCUT2D eigenvalue weighted by Gasteiger charge is 2.17. The van der Waals surface area contributed by atoms with Crippen molar-refractivity contribution >= 4 is 11.0 Å². The molecule has 4 aromatic rings. The van der Waals surface area contributed by atoms with Gasteiger partial charge >= 0.3 is 0 Å². The van der Waals surface area contributed by atoms with Crippen LogP contribution in [0.1, 0.15) is 23.3 Å². The maximum atomic E-state index is 13.8. The molecular formula is C25H23F3N2O3. The first-order valence-electron chi connectivity index (χ1n) is 10.5. The van der Waals surface area contributed by atoms with Crippen LogP contribution in [-0.4, -0.2) is 18.1 Å². The lowest BCUT2D eigenvalue weighted by atomic mass is 10.1. The Bertz CT molecular complexity index is 1230. The zero-order valence-electron chi connectivity index (χ0n) is 18.0. The van der Waals surface area contributed by atoms with E-state index in [-0.39, 0.29) is 12.4 Å². The summed E-state index contributed by atoms with van der Waals surface area (Å²) in [5.41, 5.74) is 2.56. The fourth-order valence-electron chi connectivity index (χ4n) is 3.36. The van der Waals surface area contributed by atoms with E-state index in [4.69, 9.17) is 13.9 Å². The third-order valence-corrected chi connectivity index (χ3v) is 5.18. The van der Waals surface area contributed by atoms with Crippen LogP contribution in [0.4, 0.5) is 13.2 Å². The van der Waals surface area contributed by atoms with Gasteiger partial charge in [-0.2, -0.15) is 4.39 Å². The van der Waals surface area contributed by atoms with Gasteiger partial charge in [-0.3, -0.25) is 4.98 Å². The topological polar surface area (TPSA) is 56.5 Å². The van der Waals surface area contributed by atoms with Crippen LogP contribution in [0, 0.1) is 24.4 Å². The third kappa shape index (κ3) is 5.46. The molecule has 0 atom stereocenters. The minimum atomic E-state index is -1.57. The second-order valence-corrected chi connectivity index (χ2v) is 7.51. The van der Waals surface area contributed by atoms with Crippen molar-refractivity contribution in [1.29, 1.82) is 0 Å². The average molecular weight is 456 g/mol. The van der Waals surface area contributed by atoms with Crippen LogP contribution in [0.2, 0.25) is 0 Å². The van der Waals surface area contributed by atoms with E-state index in [1.165, 1.54) is 0 Å². The number of fused-ring (bicyclic) bond motifs is 1. The number of aromatic nitrogens is 1. The number of nitrogens with one attached hydrogen (secondary N) is 1. The number of halogens is 3. The van der Waals surface area contributed by atoms with Gasteiger partial charge in [-0.15, -0.1) is 0 Å². The first-order valence-corrected chi connectivity index (χ1v) is 10.5. The SMILES string of the molecule is Cc1c(COc2ccc(F)c(F)c2F)oc2ccc(OCCCNCc3cccnc3)cc12. The Morgan fingerprint density at radius 1 is 1.03 bits per heavy atom. The zero-order chi connectivity index (χ0) is 23.2. The molecule has 172 valence electrons. The quantitative estimate of drug-likeness (QED) is 0.245. The van der Waals surface area contributed by atoms with E-state index in [9.17, 15) is 13.2 Å². The van der Waals surface area contributed by atoms with E-state index >= 15 is 0 Å². The number of rotatable bonds is 10. The number of nitrogens with zero attached hydrogens (tertiary/aromatic N) is 1. The van der Waals surface area contributed by atoms with Crippen LogP contribution in [0.3, 0.4) is 0 Å². The molecule has 0 aliphatic heterocycles. The van der Waals surface area contributed by atoms with Crippen LogP contribution in [0.15, 0.2) is 59.3 Å². The summed E-state index contributed by atoms with van der Waals surface area (Å²) in [4.78, 5) is 4.08. The van der Waals surface area contributed by atoms with E-state index in [1.54, 1.807) is 12.3 Å². The molecule has 0 radical (unpaired) electrons. The van der Waals surface area contributed by atoms with Crippen LogP contribution in [-0.2, 0) is 13.2 Å². The van der Waals surface area contributed by atoms with Gasteiger partial charge in [0.1, 0.15) is 23.7 Å². The predicted molar refractivity (Wildman–Crippen MR) is 118 cm³/mol. The molecule has 0 spiro atoms. The highest BCUT2D eigenvalue weighted by molar-refractivity contribution is 5.83. The van der Waals surface area contributed by atoms with Crippen molar-refractivity contribution in [2.45, 2.75) is 26.5 Å². The smallest absolute Gasteiger partial charge is 0.203 e. The van der Waals surface area contributed by atoms with Crippen LogP contribution >= 0.6 is 0 Å². The minimum Gasteiger partial charge on any atom is -0.494 e. The molecule has 5 nitrogen and oxygen atoms in total. The largest absolute Gasteiger partial charge is 0.494 e. The summed E-state index contributed by atoms with van der Waals surface area (Å²) in [5.74, 6) is -3.41. The number of ether oxygens (including phenoxy) is 2. The van der Waals surface area contributed by atoms with Gasteiger partial charge in [0.2, 0.25) is 5.82 Å². The Labute approximate surface area is 189 Å². The summed E-state index contributed by atoms with van der Waals surface area (Å²) >= 11 is 0. The molecule has 0 saturated heterocycles. The monoisotopic (exact) mass is 456 g/mol. The lowest BCUT2D eigenvalue weighted by Gasteiger charge is -2.07. The Morgan fingerprint density at radius 3 is 2.73 bits per heavy atom. The Morgan fingerprint density at radius 2 is 1.91 bits per heavy atom. The first kappa shape index (κ1) is 22.7. The van der Waals surface area contributed by atoms with Crippen molar-refractivity contribution in [3.8, 4) is 11.5 Å². The molecule has 4 rings (SSSR count). The summed E-state index contributed by atoms with van der Waals surface area (Å²) in [6.45, 7) is 3.84. The van der Waals surface area contributed by atoms with Gasteiger partial charge in [-0.25, -0.2) is 8.78 Å². The maximum absolute atomic E-state index is 13.8. The first-order chi connectivity index (χ1) is 16.0. The highest BCUT2D eigenvalue weighted by Crippen LogP contribution is 2.30. The van der Waals surface area contributed by atoms with E-state index in [2.05, 4.69) is 10.3 Å². The van der Waals surface area contributed by atoms with Gasteiger partial charge in [0.05, 0.1) is 6.61 Å². The molecule has 33 heavy (non-hydrogen) atoms. The fraction of sp³-hybridized carbons (Fsp3) is 0.240. The van der Waals surface area contributed by atoms with Crippen molar-refractivity contribution < 1.29 is 27.1 Å². The summed E-state index contributed by atoms with van der Waals surface area (Å²) in [6, 6.07) is 11.3. The van der Waals surface area contributed by atoms with Gasteiger partial charge in [0.25, 0.3) is 0 Å². The highest BCUT2D eigenvalue weighted by atomic mass is 19.2. The van der Waals surface area contributed by atoms with E-state index in [1.807, 2.05) is 37.4 Å². The normalized spacial score (nSPS) is 11.2. The molecule has 0 aliphatic rings. The minimum absolute atomic E-state index is 0.124. The van der Waals surface area contributed by atoms with Crippen molar-refractivity contribution in [2.24, 2.45) is 0 Å². The summed E-state index contributed by atoms with van der Waals surface area (Å²) in [7, 11) is 0. The number of hydrogen-bond donors (Lipinski definition) is 1. The zero-order valence-corrected chi connectivity index (χ0v) is 18.0. The number of pyridine rings is 1. The second-order valence-electron chi connectivity index (χ2n) is 7.51. The lowest BCUT2D eigenvalue weighted by molar-refractivity contribution is 0.255. The van der Waals surface area contributed by atoms with Gasteiger partial charge in [0.15, 0.2) is 17.4 Å².